The normalized spacial score (nSPS) is 11.4. The van der Waals surface area contributed by atoms with Gasteiger partial charge in [0.1, 0.15) is 16.6 Å². The molecule has 0 saturated heterocycles. The van der Waals surface area contributed by atoms with E-state index in [-0.39, 0.29) is 23.4 Å². The molecule has 0 aliphatic heterocycles. The Bertz CT molecular complexity index is 1420. The molecule has 35 heavy (non-hydrogen) atoms. The second-order valence-electron chi connectivity index (χ2n) is 8.28. The summed E-state index contributed by atoms with van der Waals surface area (Å²) in [6, 6.07) is 11.2. The monoisotopic (exact) mass is 495 g/mol. The van der Waals surface area contributed by atoms with Crippen LogP contribution in [-0.2, 0) is 12.1 Å². The minimum absolute atomic E-state index is 0.0410. The van der Waals surface area contributed by atoms with Gasteiger partial charge in [-0.25, -0.2) is 14.1 Å². The zero-order valence-electron chi connectivity index (χ0n) is 18.8. The van der Waals surface area contributed by atoms with Crippen LogP contribution in [0.15, 0.2) is 48.7 Å². The number of nitrogens with one attached hydrogen (secondary N) is 1. The van der Waals surface area contributed by atoms with Crippen LogP contribution in [0.2, 0.25) is 0 Å². The minimum Gasteiger partial charge on any atom is -0.386 e. The Labute approximate surface area is 203 Å². The highest BCUT2D eigenvalue weighted by Gasteiger charge is 2.21. The van der Waals surface area contributed by atoms with Crippen molar-refractivity contribution in [1.82, 2.24) is 20.0 Å². The molecule has 0 spiro atoms. The first kappa shape index (κ1) is 24.0. The van der Waals surface area contributed by atoms with Gasteiger partial charge < -0.3 is 21.9 Å². The first-order chi connectivity index (χ1) is 16.5. The number of amides is 2. The van der Waals surface area contributed by atoms with Gasteiger partial charge in [-0.2, -0.15) is 0 Å². The van der Waals surface area contributed by atoms with Gasteiger partial charge in [0.25, 0.3) is 11.8 Å². The molecule has 6 N–H and O–H groups in total. The van der Waals surface area contributed by atoms with Gasteiger partial charge in [0.05, 0.1) is 29.6 Å². The van der Waals surface area contributed by atoms with Crippen molar-refractivity contribution in [3.63, 3.8) is 0 Å². The number of aliphatic hydroxyl groups is 1. The topological polar surface area (TPSA) is 162 Å². The van der Waals surface area contributed by atoms with Gasteiger partial charge in [-0.15, -0.1) is 16.4 Å². The summed E-state index contributed by atoms with van der Waals surface area (Å²) in [5, 5.41) is 21.1. The fraction of sp³-hybridized carbons (Fsp3) is 0.174. The van der Waals surface area contributed by atoms with Crippen molar-refractivity contribution in [1.29, 1.82) is 0 Å². The van der Waals surface area contributed by atoms with Crippen LogP contribution in [-0.4, -0.2) is 36.9 Å². The standard InChI is InChI=1S/C23H22FN7O3S/c1-23(2,34)12-6-7-14(16(24)8-12)18-9-15(20(25)32)22(35-18)28-19-5-3-4-13(27-19)10-31-11-17(21(26)33)29-30-31/h3-9,11,34H,10H2,1-2H3,(H2,25,32)(H2,26,33)(H,27,28). The van der Waals surface area contributed by atoms with Gasteiger partial charge in [-0.3, -0.25) is 9.59 Å². The van der Waals surface area contributed by atoms with Crippen molar-refractivity contribution in [2.75, 3.05) is 5.32 Å². The number of nitrogens with two attached hydrogens (primary N) is 2. The molecule has 0 unspecified atom stereocenters. The average molecular weight is 496 g/mol. The number of hydrogen-bond acceptors (Lipinski definition) is 8. The molecule has 4 rings (SSSR count). The summed E-state index contributed by atoms with van der Waals surface area (Å²) in [4.78, 5) is 28.3. The van der Waals surface area contributed by atoms with Crippen molar-refractivity contribution in [2.24, 2.45) is 11.5 Å². The number of rotatable bonds is 8. The predicted molar refractivity (Wildman–Crippen MR) is 129 cm³/mol. The maximum Gasteiger partial charge on any atom is 0.270 e. The van der Waals surface area contributed by atoms with E-state index in [1.807, 2.05) is 0 Å². The Morgan fingerprint density at radius 3 is 2.57 bits per heavy atom. The van der Waals surface area contributed by atoms with Crippen LogP contribution < -0.4 is 16.8 Å². The molecule has 12 heteroatoms. The molecule has 2 amide bonds. The Morgan fingerprint density at radius 1 is 1.17 bits per heavy atom. The lowest BCUT2D eigenvalue weighted by atomic mass is 9.96. The number of thiophene rings is 1. The van der Waals surface area contributed by atoms with Gasteiger partial charge in [0.15, 0.2) is 5.69 Å². The Kier molecular flexibility index (Phi) is 6.33. The van der Waals surface area contributed by atoms with E-state index in [1.54, 1.807) is 44.2 Å². The fourth-order valence-electron chi connectivity index (χ4n) is 3.30. The van der Waals surface area contributed by atoms with E-state index in [1.165, 1.54) is 23.0 Å². The zero-order chi connectivity index (χ0) is 25.3. The number of anilines is 2. The first-order valence-corrected chi connectivity index (χ1v) is 11.2. The smallest absolute Gasteiger partial charge is 0.270 e. The molecular formula is C23H22FN7O3S. The molecule has 0 aliphatic rings. The highest BCUT2D eigenvalue weighted by molar-refractivity contribution is 7.19. The zero-order valence-corrected chi connectivity index (χ0v) is 19.6. The predicted octanol–water partition coefficient (Wildman–Crippen LogP) is 2.76. The highest BCUT2D eigenvalue weighted by Crippen LogP contribution is 2.38. The van der Waals surface area contributed by atoms with E-state index in [0.29, 0.717) is 27.0 Å². The van der Waals surface area contributed by atoms with Crippen molar-refractivity contribution in [3.8, 4) is 10.4 Å². The summed E-state index contributed by atoms with van der Waals surface area (Å²) in [5.41, 5.74) is 11.1. The van der Waals surface area contributed by atoms with Gasteiger partial charge in [-0.1, -0.05) is 23.4 Å². The lowest BCUT2D eigenvalue weighted by molar-refractivity contribution is 0.0782. The van der Waals surface area contributed by atoms with E-state index >= 15 is 0 Å². The lowest BCUT2D eigenvalue weighted by Crippen LogP contribution is -2.15. The number of nitrogens with zero attached hydrogens (tertiary/aromatic N) is 4. The molecule has 10 nitrogen and oxygen atoms in total. The number of pyridine rings is 1. The minimum atomic E-state index is -1.19. The van der Waals surface area contributed by atoms with Crippen LogP contribution in [0.4, 0.5) is 15.2 Å². The maximum absolute atomic E-state index is 14.9. The number of aromatic nitrogens is 4. The Balaban J connectivity index is 1.61. The molecule has 0 fully saturated rings. The van der Waals surface area contributed by atoms with Crippen molar-refractivity contribution < 1.29 is 19.1 Å². The maximum atomic E-state index is 14.9. The summed E-state index contributed by atoms with van der Waals surface area (Å²) in [6.45, 7) is 3.37. The van der Waals surface area contributed by atoms with Crippen LogP contribution in [0, 0.1) is 5.82 Å². The van der Waals surface area contributed by atoms with E-state index in [9.17, 15) is 19.1 Å². The van der Waals surface area contributed by atoms with Gasteiger partial charge in [0.2, 0.25) is 0 Å². The fourth-order valence-corrected chi connectivity index (χ4v) is 4.40. The molecule has 4 aromatic rings. The Hall–Kier alpha value is -4.16. The number of carbonyl (C=O) groups excluding carboxylic acids is 2. The summed E-state index contributed by atoms with van der Waals surface area (Å²) in [5.74, 6) is -1.47. The van der Waals surface area contributed by atoms with E-state index < -0.39 is 23.2 Å². The third kappa shape index (κ3) is 5.34. The van der Waals surface area contributed by atoms with Gasteiger partial charge >= 0.3 is 0 Å². The van der Waals surface area contributed by atoms with Crippen LogP contribution in [0.1, 0.15) is 46.0 Å². The molecule has 0 saturated carbocycles. The van der Waals surface area contributed by atoms with E-state index in [0.717, 1.165) is 11.3 Å². The number of primary amides is 2. The highest BCUT2D eigenvalue weighted by atomic mass is 32.1. The molecule has 3 aromatic heterocycles. The molecule has 0 radical (unpaired) electrons. The second kappa shape index (κ2) is 9.24. The van der Waals surface area contributed by atoms with Gasteiger partial charge in [0, 0.05) is 10.4 Å². The second-order valence-corrected chi connectivity index (χ2v) is 9.33. The number of carbonyl (C=O) groups is 2. The van der Waals surface area contributed by atoms with Crippen LogP contribution in [0.25, 0.3) is 10.4 Å². The van der Waals surface area contributed by atoms with Crippen LogP contribution >= 0.6 is 11.3 Å². The quantitative estimate of drug-likeness (QED) is 0.292. The number of halogens is 1. The molecule has 3 heterocycles. The average Bonchev–Trinajstić information content (AvgIpc) is 3.41. The summed E-state index contributed by atoms with van der Waals surface area (Å²) < 4.78 is 16.3. The third-order valence-corrected chi connectivity index (χ3v) is 6.19. The van der Waals surface area contributed by atoms with E-state index in [2.05, 4.69) is 20.6 Å². The van der Waals surface area contributed by atoms with Crippen LogP contribution in [0.5, 0.6) is 0 Å². The summed E-state index contributed by atoms with van der Waals surface area (Å²) >= 11 is 1.15. The van der Waals surface area contributed by atoms with E-state index in [4.69, 9.17) is 11.5 Å². The molecule has 0 bridgehead atoms. The number of hydrogen-bond donors (Lipinski definition) is 4. The Morgan fingerprint density at radius 2 is 1.94 bits per heavy atom. The molecule has 180 valence electrons. The van der Waals surface area contributed by atoms with Crippen LogP contribution in [0.3, 0.4) is 0 Å². The SMILES string of the molecule is CC(C)(O)c1ccc(-c2cc(C(N)=O)c(Nc3cccc(Cn4cc(C(N)=O)nn4)n3)s2)c(F)c1. The first-order valence-electron chi connectivity index (χ1n) is 10.4. The number of benzene rings is 1. The van der Waals surface area contributed by atoms with Crippen molar-refractivity contribution >= 4 is 34.0 Å². The van der Waals surface area contributed by atoms with Crippen molar-refractivity contribution in [2.45, 2.75) is 26.0 Å². The molecule has 0 atom stereocenters. The summed E-state index contributed by atoms with van der Waals surface area (Å²) in [7, 11) is 0. The van der Waals surface area contributed by atoms with Crippen molar-refractivity contribution in [3.05, 3.63) is 77.0 Å². The lowest BCUT2D eigenvalue weighted by Gasteiger charge is -2.18. The third-order valence-electron chi connectivity index (χ3n) is 5.10. The molecule has 1 aromatic carbocycles. The summed E-state index contributed by atoms with van der Waals surface area (Å²) in [6.07, 6.45) is 1.42. The largest absolute Gasteiger partial charge is 0.386 e. The molecule has 0 aliphatic carbocycles. The molecular weight excluding hydrogens is 473 g/mol. The van der Waals surface area contributed by atoms with Gasteiger partial charge in [-0.05, 0) is 43.7 Å².